The molecule has 0 spiro atoms. The molecule has 1 unspecified atom stereocenters. The van der Waals surface area contributed by atoms with Crippen molar-refractivity contribution in [2.24, 2.45) is 28.8 Å². The van der Waals surface area contributed by atoms with Crippen LogP contribution in [0.3, 0.4) is 0 Å². The highest BCUT2D eigenvalue weighted by atomic mass is 16.7. The van der Waals surface area contributed by atoms with Gasteiger partial charge in [-0.2, -0.15) is 0 Å². The molecule has 0 amide bonds. The van der Waals surface area contributed by atoms with Crippen LogP contribution in [-0.4, -0.2) is 155 Å². The molecule has 0 aromatic rings. The van der Waals surface area contributed by atoms with Crippen molar-refractivity contribution >= 4 is 17.7 Å². The van der Waals surface area contributed by atoms with Gasteiger partial charge in [-0.25, -0.2) is 0 Å². The Morgan fingerprint density at radius 1 is 0.948 bits per heavy atom. The SMILES string of the molecule is CCCO/N=C1\[C@H](C)CC(C)(O)[C@H](O[C@@H]2O[C@H](C)C[C@H](N(C)C)[C@H]2O)[C@@H](C)[C@H](O[C@H]2C[C@@](C)(OC)[C@@H](OC(C)=O)[C@H](C)O2)[C@@H](C)C(=O)O[C@@H](CC)[C@@](C)(O)[C@H](O)[C@@H]1C. The summed E-state index contributed by atoms with van der Waals surface area (Å²) < 4.78 is 43.7. The van der Waals surface area contributed by atoms with Crippen molar-refractivity contribution in [3.8, 4) is 0 Å². The highest BCUT2D eigenvalue weighted by Gasteiger charge is 2.54. The van der Waals surface area contributed by atoms with Gasteiger partial charge in [0, 0.05) is 44.2 Å². The molecule has 3 rings (SSSR count). The average molecular weight is 833 g/mol. The fourth-order valence-electron chi connectivity index (χ4n) is 9.19. The maximum atomic E-state index is 14.4. The number of carbonyl (C=O) groups excluding carboxylic acids is 2. The number of hydrogen-bond acceptors (Lipinski definition) is 16. The molecule has 0 aromatic heterocycles. The molecular formula is C42H76N2O14. The Morgan fingerprint density at radius 3 is 2.14 bits per heavy atom. The number of carbonyl (C=O) groups is 2. The first-order chi connectivity index (χ1) is 26.9. The van der Waals surface area contributed by atoms with Crippen molar-refractivity contribution in [2.75, 3.05) is 27.8 Å². The van der Waals surface area contributed by atoms with Gasteiger partial charge in [-0.3, -0.25) is 9.59 Å². The standard InChI is InChI=1S/C42H76N2O14/c1-16-18-52-43-32-22(3)20-40(10,49)36(58-39-33(46)29(44(13)14)19-23(4)53-39)25(6)34(26(7)38(48)56-30(17-2)42(12,50)35(47)24(32)5)57-31-21-41(11,51-15)37(27(8)54-31)55-28(9)45/h22-27,29-31,33-37,39,46-47,49-50H,16-21H2,1-15H3/b43-32+/t22-,23-,24-,25+,26-,27+,29+,30+,31+,33-,34+,35-,36-,37+,39+,40?,41-,42-/m1/s1. The van der Waals surface area contributed by atoms with E-state index in [1.807, 2.05) is 39.8 Å². The molecule has 16 nitrogen and oxygen atoms in total. The second kappa shape index (κ2) is 20.7. The third kappa shape index (κ3) is 11.7. The highest BCUT2D eigenvalue weighted by molar-refractivity contribution is 5.88. The van der Waals surface area contributed by atoms with Gasteiger partial charge in [-0.05, 0) is 81.3 Å². The Hall–Kier alpha value is -1.99. The molecule has 3 aliphatic heterocycles. The summed E-state index contributed by atoms with van der Waals surface area (Å²) in [6.45, 7) is 20.7. The molecule has 338 valence electrons. The predicted molar refractivity (Wildman–Crippen MR) is 214 cm³/mol. The third-order valence-corrected chi connectivity index (χ3v) is 12.6. The first-order valence-corrected chi connectivity index (χ1v) is 21.1. The lowest BCUT2D eigenvalue weighted by atomic mass is 9.73. The molecular weight excluding hydrogens is 756 g/mol. The lowest BCUT2D eigenvalue weighted by molar-refractivity contribution is -0.318. The summed E-state index contributed by atoms with van der Waals surface area (Å²) in [6, 6.07) is -0.322. The molecule has 18 atom stereocenters. The monoisotopic (exact) mass is 833 g/mol. The number of likely N-dealkylation sites (N-methyl/N-ethyl adjacent to an activating group) is 1. The quantitative estimate of drug-likeness (QED) is 0.134. The molecule has 3 saturated heterocycles. The molecule has 0 aromatic carbocycles. The van der Waals surface area contributed by atoms with E-state index in [1.54, 1.807) is 48.5 Å². The van der Waals surface area contributed by atoms with Gasteiger partial charge < -0.3 is 63.3 Å². The van der Waals surface area contributed by atoms with E-state index in [4.69, 9.17) is 38.0 Å². The maximum Gasteiger partial charge on any atom is 0.311 e. The number of nitrogens with zero attached hydrogens (tertiary/aromatic N) is 2. The number of hydrogen-bond donors (Lipinski definition) is 4. The summed E-state index contributed by atoms with van der Waals surface area (Å²) >= 11 is 0. The summed E-state index contributed by atoms with van der Waals surface area (Å²) in [5, 5.41) is 52.6. The van der Waals surface area contributed by atoms with Crippen LogP contribution in [0.5, 0.6) is 0 Å². The molecule has 3 aliphatic rings. The van der Waals surface area contributed by atoms with E-state index in [2.05, 4.69) is 5.16 Å². The van der Waals surface area contributed by atoms with Crippen LogP contribution in [0.25, 0.3) is 0 Å². The minimum absolute atomic E-state index is 0.0104. The summed E-state index contributed by atoms with van der Waals surface area (Å²) in [5.74, 6) is -4.50. The molecule has 16 heteroatoms. The number of methoxy groups -OCH3 is 1. The number of cyclic esters (lactones) is 1. The molecule has 0 bridgehead atoms. The summed E-state index contributed by atoms with van der Waals surface area (Å²) in [5.41, 5.74) is -4.34. The van der Waals surface area contributed by atoms with E-state index < -0.39 is 108 Å². The van der Waals surface area contributed by atoms with Crippen LogP contribution in [0.4, 0.5) is 0 Å². The van der Waals surface area contributed by atoms with E-state index >= 15 is 0 Å². The summed E-state index contributed by atoms with van der Waals surface area (Å²) in [7, 11) is 5.24. The molecule has 3 heterocycles. The Morgan fingerprint density at radius 2 is 1.59 bits per heavy atom. The normalized spacial score (nSPS) is 45.7. The molecule has 0 radical (unpaired) electrons. The minimum Gasteiger partial charge on any atom is -0.459 e. The first kappa shape index (κ1) is 50.4. The van der Waals surface area contributed by atoms with Gasteiger partial charge >= 0.3 is 11.9 Å². The van der Waals surface area contributed by atoms with E-state index in [0.717, 1.165) is 0 Å². The average Bonchev–Trinajstić information content (AvgIpc) is 3.13. The van der Waals surface area contributed by atoms with Gasteiger partial charge in [0.2, 0.25) is 0 Å². The summed E-state index contributed by atoms with van der Waals surface area (Å²) in [6.07, 6.45) is -8.45. The predicted octanol–water partition coefficient (Wildman–Crippen LogP) is 3.57. The fourth-order valence-corrected chi connectivity index (χ4v) is 9.19. The van der Waals surface area contributed by atoms with Gasteiger partial charge in [-0.15, -0.1) is 0 Å². The van der Waals surface area contributed by atoms with Crippen LogP contribution in [0.1, 0.15) is 115 Å². The highest BCUT2D eigenvalue weighted by Crippen LogP contribution is 2.41. The zero-order valence-corrected chi connectivity index (χ0v) is 37.7. The van der Waals surface area contributed by atoms with Crippen molar-refractivity contribution in [3.05, 3.63) is 0 Å². The number of aliphatic hydroxyl groups is 4. The van der Waals surface area contributed by atoms with Crippen LogP contribution in [0.15, 0.2) is 5.16 Å². The van der Waals surface area contributed by atoms with E-state index in [-0.39, 0.29) is 31.4 Å². The topological polar surface area (TPSA) is 204 Å². The largest absolute Gasteiger partial charge is 0.459 e. The van der Waals surface area contributed by atoms with Crippen molar-refractivity contribution < 1.29 is 68.0 Å². The van der Waals surface area contributed by atoms with Crippen LogP contribution >= 0.6 is 0 Å². The van der Waals surface area contributed by atoms with E-state index in [1.165, 1.54) is 21.0 Å². The van der Waals surface area contributed by atoms with Crippen LogP contribution in [0, 0.1) is 23.7 Å². The lowest BCUT2D eigenvalue weighted by Crippen LogP contribution is -2.61. The fraction of sp³-hybridized carbons (Fsp3) is 0.929. The Kier molecular flexibility index (Phi) is 18.0. The molecule has 58 heavy (non-hydrogen) atoms. The zero-order chi connectivity index (χ0) is 44.1. The minimum atomic E-state index is -1.93. The number of ether oxygens (including phenoxy) is 7. The molecule has 0 saturated carbocycles. The molecule has 4 N–H and O–H groups in total. The zero-order valence-electron chi connectivity index (χ0n) is 37.7. The second-order valence-corrected chi connectivity index (χ2v) is 18.0. The summed E-state index contributed by atoms with van der Waals surface area (Å²) in [4.78, 5) is 34.0. The number of rotatable bonds is 11. The maximum absolute atomic E-state index is 14.4. The van der Waals surface area contributed by atoms with Gasteiger partial charge in [0.25, 0.3) is 0 Å². The Labute approximate surface area is 346 Å². The smallest absolute Gasteiger partial charge is 0.311 e. The van der Waals surface area contributed by atoms with Crippen molar-refractivity contribution in [3.63, 3.8) is 0 Å². The van der Waals surface area contributed by atoms with Crippen LogP contribution < -0.4 is 0 Å². The second-order valence-electron chi connectivity index (χ2n) is 18.0. The Balaban J connectivity index is 2.25. The number of oxime groups is 1. The van der Waals surface area contributed by atoms with Gasteiger partial charge in [0.15, 0.2) is 18.7 Å². The number of esters is 2. The van der Waals surface area contributed by atoms with Crippen molar-refractivity contribution in [1.29, 1.82) is 0 Å². The first-order valence-electron chi connectivity index (χ1n) is 21.1. The third-order valence-electron chi connectivity index (χ3n) is 12.6. The molecule has 0 aliphatic carbocycles. The van der Waals surface area contributed by atoms with Crippen LogP contribution in [-0.2, 0) is 47.6 Å². The number of aliphatic hydroxyl groups excluding tert-OH is 2. The van der Waals surface area contributed by atoms with Crippen molar-refractivity contribution in [1.82, 2.24) is 4.90 Å². The van der Waals surface area contributed by atoms with Crippen molar-refractivity contribution in [2.45, 2.75) is 199 Å². The van der Waals surface area contributed by atoms with Crippen LogP contribution in [0.2, 0.25) is 0 Å². The van der Waals surface area contributed by atoms with Gasteiger partial charge in [0.05, 0.1) is 47.8 Å². The van der Waals surface area contributed by atoms with E-state index in [0.29, 0.717) is 25.2 Å². The Bertz CT molecular complexity index is 1360. The molecule has 3 fully saturated rings. The van der Waals surface area contributed by atoms with Gasteiger partial charge in [0.1, 0.15) is 30.0 Å². The van der Waals surface area contributed by atoms with Gasteiger partial charge in [-0.1, -0.05) is 39.8 Å². The lowest BCUT2D eigenvalue weighted by Gasteiger charge is -2.49. The van der Waals surface area contributed by atoms with E-state index in [9.17, 15) is 30.0 Å².